The van der Waals surface area contributed by atoms with Gasteiger partial charge in [-0.3, -0.25) is 9.59 Å². The van der Waals surface area contributed by atoms with Crippen LogP contribution in [0, 0.1) is 5.82 Å². The molecule has 8 heteroatoms. The Morgan fingerprint density at radius 3 is 2.55 bits per heavy atom. The summed E-state index contributed by atoms with van der Waals surface area (Å²) in [5, 5.41) is 4.37. The normalized spacial score (nSPS) is 13.9. The van der Waals surface area contributed by atoms with E-state index in [2.05, 4.69) is 5.10 Å². The fourth-order valence-corrected chi connectivity index (χ4v) is 3.63. The van der Waals surface area contributed by atoms with Gasteiger partial charge in [0.25, 0.3) is 5.56 Å². The first-order valence-corrected chi connectivity index (χ1v) is 10.0. The minimum atomic E-state index is -0.343. The SMILES string of the molecule is COc1cccc(-c2ccc(=O)n(CC(=O)N3CCN(c4ccccc4F)CC3)n2)c1. The van der Waals surface area contributed by atoms with E-state index < -0.39 is 0 Å². The number of amides is 1. The molecular formula is C23H23FN4O3. The fraction of sp³-hybridized carbons (Fsp3) is 0.261. The van der Waals surface area contributed by atoms with Crippen molar-refractivity contribution in [3.8, 4) is 17.0 Å². The van der Waals surface area contributed by atoms with Crippen LogP contribution in [0.3, 0.4) is 0 Å². The number of piperazine rings is 1. The molecule has 1 amide bonds. The lowest BCUT2D eigenvalue weighted by Crippen LogP contribution is -2.50. The largest absolute Gasteiger partial charge is 0.497 e. The van der Waals surface area contributed by atoms with Gasteiger partial charge in [0.05, 0.1) is 18.5 Å². The Morgan fingerprint density at radius 1 is 1.03 bits per heavy atom. The molecule has 1 aliphatic rings. The van der Waals surface area contributed by atoms with Crippen molar-refractivity contribution in [2.24, 2.45) is 0 Å². The molecule has 0 unspecified atom stereocenters. The number of hydrogen-bond donors (Lipinski definition) is 0. The zero-order valence-electron chi connectivity index (χ0n) is 17.2. The van der Waals surface area contributed by atoms with Gasteiger partial charge < -0.3 is 14.5 Å². The molecule has 7 nitrogen and oxygen atoms in total. The van der Waals surface area contributed by atoms with Gasteiger partial charge >= 0.3 is 0 Å². The van der Waals surface area contributed by atoms with Crippen LogP contribution in [-0.2, 0) is 11.3 Å². The van der Waals surface area contributed by atoms with Crippen LogP contribution in [0.1, 0.15) is 0 Å². The van der Waals surface area contributed by atoms with Crippen LogP contribution >= 0.6 is 0 Å². The molecule has 160 valence electrons. The lowest BCUT2D eigenvalue weighted by atomic mass is 10.1. The Kier molecular flexibility index (Phi) is 5.97. The van der Waals surface area contributed by atoms with Crippen molar-refractivity contribution in [3.05, 3.63) is 76.8 Å². The standard InChI is InChI=1S/C23H23FN4O3/c1-31-18-6-4-5-17(15-18)20-9-10-22(29)28(25-20)16-23(30)27-13-11-26(12-14-27)21-8-3-2-7-19(21)24/h2-10,15H,11-14,16H2,1H3. The van der Waals surface area contributed by atoms with Gasteiger partial charge in [-0.2, -0.15) is 5.10 Å². The highest BCUT2D eigenvalue weighted by Gasteiger charge is 2.23. The molecule has 0 aliphatic carbocycles. The Bertz CT molecular complexity index is 1140. The summed E-state index contributed by atoms with van der Waals surface area (Å²) in [5.74, 6) is 0.221. The van der Waals surface area contributed by atoms with Gasteiger partial charge in [-0.25, -0.2) is 9.07 Å². The van der Waals surface area contributed by atoms with Gasteiger partial charge in [0.1, 0.15) is 18.1 Å². The number of aromatic nitrogens is 2. The molecule has 2 heterocycles. The minimum absolute atomic E-state index is 0.143. The van der Waals surface area contributed by atoms with Crippen LogP contribution in [0.15, 0.2) is 65.5 Å². The number of anilines is 1. The zero-order chi connectivity index (χ0) is 21.8. The first kappa shape index (κ1) is 20.6. The van der Waals surface area contributed by atoms with Crippen LogP contribution in [0.4, 0.5) is 10.1 Å². The molecular weight excluding hydrogens is 399 g/mol. The minimum Gasteiger partial charge on any atom is -0.497 e. The maximum Gasteiger partial charge on any atom is 0.267 e. The van der Waals surface area contributed by atoms with Gasteiger partial charge in [-0.1, -0.05) is 24.3 Å². The first-order chi connectivity index (χ1) is 15.0. The quantitative estimate of drug-likeness (QED) is 0.632. The summed E-state index contributed by atoms with van der Waals surface area (Å²) in [6, 6.07) is 17.0. The number of carbonyl (C=O) groups excluding carboxylic acids is 1. The molecule has 1 aliphatic heterocycles. The van der Waals surface area contributed by atoms with Crippen molar-refractivity contribution in [2.45, 2.75) is 6.54 Å². The van der Waals surface area contributed by atoms with Crippen molar-refractivity contribution < 1.29 is 13.9 Å². The van der Waals surface area contributed by atoms with Crippen molar-refractivity contribution in [1.82, 2.24) is 14.7 Å². The monoisotopic (exact) mass is 422 g/mol. The van der Waals surface area contributed by atoms with Crippen LogP contribution in [0.25, 0.3) is 11.3 Å². The van der Waals surface area contributed by atoms with E-state index in [4.69, 9.17) is 4.74 Å². The Morgan fingerprint density at radius 2 is 1.81 bits per heavy atom. The molecule has 0 atom stereocenters. The molecule has 0 bridgehead atoms. The fourth-order valence-electron chi connectivity index (χ4n) is 3.63. The number of hydrogen-bond acceptors (Lipinski definition) is 5. The molecule has 0 radical (unpaired) electrons. The third-order valence-electron chi connectivity index (χ3n) is 5.34. The van der Waals surface area contributed by atoms with Crippen LogP contribution in [0.2, 0.25) is 0 Å². The number of nitrogens with zero attached hydrogens (tertiary/aromatic N) is 4. The molecule has 0 spiro atoms. The zero-order valence-corrected chi connectivity index (χ0v) is 17.2. The molecule has 4 rings (SSSR count). The highest BCUT2D eigenvalue weighted by Crippen LogP contribution is 2.22. The highest BCUT2D eigenvalue weighted by atomic mass is 19.1. The van der Waals surface area contributed by atoms with E-state index >= 15 is 0 Å². The summed E-state index contributed by atoms with van der Waals surface area (Å²) in [7, 11) is 1.58. The third kappa shape index (κ3) is 4.58. The van der Waals surface area contributed by atoms with Crippen molar-refractivity contribution in [1.29, 1.82) is 0 Å². The number of methoxy groups -OCH3 is 1. The summed E-state index contributed by atoms with van der Waals surface area (Å²) < 4.78 is 20.4. The summed E-state index contributed by atoms with van der Waals surface area (Å²) in [6.07, 6.45) is 0. The Hall–Kier alpha value is -3.68. The summed E-state index contributed by atoms with van der Waals surface area (Å²) in [6.45, 7) is 1.82. The topological polar surface area (TPSA) is 67.7 Å². The van der Waals surface area contributed by atoms with Crippen LogP contribution in [-0.4, -0.2) is 53.9 Å². The summed E-state index contributed by atoms with van der Waals surface area (Å²) >= 11 is 0. The molecule has 0 saturated carbocycles. The number of ether oxygens (including phenoxy) is 1. The van der Waals surface area contributed by atoms with Crippen molar-refractivity contribution >= 4 is 11.6 Å². The number of benzene rings is 2. The smallest absolute Gasteiger partial charge is 0.267 e. The maximum absolute atomic E-state index is 14.0. The molecule has 2 aromatic carbocycles. The summed E-state index contributed by atoms with van der Waals surface area (Å²) in [5.41, 5.74) is 1.57. The second kappa shape index (κ2) is 8.99. The number of halogens is 1. The summed E-state index contributed by atoms with van der Waals surface area (Å²) in [4.78, 5) is 28.7. The second-order valence-corrected chi connectivity index (χ2v) is 7.27. The van der Waals surface area contributed by atoms with Crippen molar-refractivity contribution in [2.75, 3.05) is 38.2 Å². The van der Waals surface area contributed by atoms with E-state index in [1.807, 2.05) is 29.2 Å². The van der Waals surface area contributed by atoms with Crippen LogP contribution < -0.4 is 15.2 Å². The van der Waals surface area contributed by atoms with E-state index in [1.54, 1.807) is 36.3 Å². The van der Waals surface area contributed by atoms with Gasteiger partial charge in [-0.05, 0) is 30.3 Å². The molecule has 1 saturated heterocycles. The number of carbonyl (C=O) groups is 1. The van der Waals surface area contributed by atoms with E-state index in [1.165, 1.54) is 16.8 Å². The number of rotatable bonds is 5. The van der Waals surface area contributed by atoms with Gasteiger partial charge in [0.15, 0.2) is 0 Å². The van der Waals surface area contributed by atoms with Crippen LogP contribution in [0.5, 0.6) is 5.75 Å². The lowest BCUT2D eigenvalue weighted by molar-refractivity contribution is -0.132. The molecule has 1 aromatic heterocycles. The average Bonchev–Trinajstić information content (AvgIpc) is 2.81. The van der Waals surface area contributed by atoms with E-state index in [-0.39, 0.29) is 23.8 Å². The predicted octanol–water partition coefficient (Wildman–Crippen LogP) is 2.41. The van der Waals surface area contributed by atoms with Crippen molar-refractivity contribution in [3.63, 3.8) is 0 Å². The average molecular weight is 422 g/mol. The molecule has 3 aromatic rings. The lowest BCUT2D eigenvalue weighted by Gasteiger charge is -2.36. The Balaban J connectivity index is 1.44. The maximum atomic E-state index is 14.0. The first-order valence-electron chi connectivity index (χ1n) is 10.0. The number of para-hydroxylation sites is 1. The third-order valence-corrected chi connectivity index (χ3v) is 5.34. The van der Waals surface area contributed by atoms with Gasteiger partial charge in [0, 0.05) is 37.8 Å². The van der Waals surface area contributed by atoms with Gasteiger partial charge in [-0.15, -0.1) is 0 Å². The van der Waals surface area contributed by atoms with E-state index in [9.17, 15) is 14.0 Å². The second-order valence-electron chi connectivity index (χ2n) is 7.27. The Labute approximate surface area is 179 Å². The van der Waals surface area contributed by atoms with E-state index in [0.717, 1.165) is 5.56 Å². The van der Waals surface area contributed by atoms with E-state index in [0.29, 0.717) is 43.3 Å². The molecule has 1 fully saturated rings. The molecule has 0 N–H and O–H groups in total. The molecule has 31 heavy (non-hydrogen) atoms. The van der Waals surface area contributed by atoms with Gasteiger partial charge in [0.2, 0.25) is 5.91 Å². The highest BCUT2D eigenvalue weighted by molar-refractivity contribution is 5.76. The predicted molar refractivity (Wildman–Crippen MR) is 116 cm³/mol.